The first kappa shape index (κ1) is 21.8. The SMILES string of the molecule is c1ccc2cc3c(cc2c1)c1ccccc1n3-c1nc2ccccc2nc1-c1ccc2sc3ccccc3c2c1. The van der Waals surface area contributed by atoms with Gasteiger partial charge in [-0.2, -0.15) is 0 Å². The molecule has 0 atom stereocenters. The van der Waals surface area contributed by atoms with Crippen molar-refractivity contribution in [1.29, 1.82) is 0 Å². The first-order valence-corrected chi connectivity index (χ1v) is 14.2. The van der Waals surface area contributed by atoms with Gasteiger partial charge in [0, 0.05) is 36.5 Å². The molecule has 3 heterocycles. The Labute approximate surface area is 233 Å². The molecule has 6 aromatic carbocycles. The zero-order valence-electron chi connectivity index (χ0n) is 21.4. The molecule has 0 unspecified atom stereocenters. The van der Waals surface area contributed by atoms with Gasteiger partial charge in [-0.1, -0.05) is 78.9 Å². The molecule has 40 heavy (non-hydrogen) atoms. The fraction of sp³-hybridized carbons (Fsp3) is 0. The molecule has 3 nitrogen and oxygen atoms in total. The molecule has 0 radical (unpaired) electrons. The topological polar surface area (TPSA) is 30.7 Å². The molecule has 3 aromatic heterocycles. The Balaban J connectivity index is 1.43. The maximum absolute atomic E-state index is 5.31. The summed E-state index contributed by atoms with van der Waals surface area (Å²) in [5.74, 6) is 0.846. The van der Waals surface area contributed by atoms with Gasteiger partial charge in [-0.3, -0.25) is 4.57 Å². The minimum absolute atomic E-state index is 0.846. The molecular weight excluding hydrogens is 506 g/mol. The van der Waals surface area contributed by atoms with E-state index < -0.39 is 0 Å². The highest BCUT2D eigenvalue weighted by atomic mass is 32.1. The molecular formula is C36H21N3S. The minimum Gasteiger partial charge on any atom is -0.292 e. The number of para-hydroxylation sites is 3. The standard InChI is InChI=1S/C36H21N3S/c1-2-10-23-21-32-27(19-22(23)9-1)25-11-3-7-15-31(25)39(32)36-35(37-29-13-5-6-14-30(29)38-36)24-17-18-34-28(20-24)26-12-4-8-16-33(26)40-34/h1-21H. The van der Waals surface area contributed by atoms with Crippen molar-refractivity contribution in [2.45, 2.75) is 0 Å². The monoisotopic (exact) mass is 527 g/mol. The van der Waals surface area contributed by atoms with Gasteiger partial charge in [-0.05, 0) is 59.3 Å². The van der Waals surface area contributed by atoms with Crippen LogP contribution in [0, 0.1) is 0 Å². The van der Waals surface area contributed by atoms with Crippen molar-refractivity contribution in [2.24, 2.45) is 0 Å². The molecule has 0 aliphatic rings. The number of fused-ring (bicyclic) bond motifs is 8. The van der Waals surface area contributed by atoms with Crippen molar-refractivity contribution in [2.75, 3.05) is 0 Å². The van der Waals surface area contributed by atoms with E-state index in [1.54, 1.807) is 0 Å². The van der Waals surface area contributed by atoms with Gasteiger partial charge in [0.25, 0.3) is 0 Å². The lowest BCUT2D eigenvalue weighted by Crippen LogP contribution is -2.03. The van der Waals surface area contributed by atoms with Gasteiger partial charge in [0.15, 0.2) is 5.82 Å². The van der Waals surface area contributed by atoms with Crippen LogP contribution in [0.25, 0.3) is 80.9 Å². The summed E-state index contributed by atoms with van der Waals surface area (Å²) in [5, 5.41) is 7.41. The molecule has 0 fully saturated rings. The van der Waals surface area contributed by atoms with E-state index in [4.69, 9.17) is 9.97 Å². The molecule has 186 valence electrons. The Kier molecular flexibility index (Phi) is 4.48. The summed E-state index contributed by atoms with van der Waals surface area (Å²) in [6.45, 7) is 0. The number of benzene rings is 6. The fourth-order valence-corrected chi connectivity index (χ4v) is 7.18. The van der Waals surface area contributed by atoms with Gasteiger partial charge in [-0.15, -0.1) is 11.3 Å². The Hall–Kier alpha value is -5.06. The number of aromatic nitrogens is 3. The van der Waals surface area contributed by atoms with E-state index in [1.165, 1.54) is 41.7 Å². The predicted octanol–water partition coefficient (Wildman–Crippen LogP) is 9.91. The molecule has 0 aliphatic heterocycles. The van der Waals surface area contributed by atoms with Crippen molar-refractivity contribution in [1.82, 2.24) is 14.5 Å². The van der Waals surface area contributed by atoms with Crippen LogP contribution >= 0.6 is 11.3 Å². The number of hydrogen-bond acceptors (Lipinski definition) is 3. The van der Waals surface area contributed by atoms with E-state index >= 15 is 0 Å². The number of hydrogen-bond donors (Lipinski definition) is 0. The van der Waals surface area contributed by atoms with E-state index in [0.717, 1.165) is 39.1 Å². The van der Waals surface area contributed by atoms with E-state index in [0.29, 0.717) is 0 Å². The highest BCUT2D eigenvalue weighted by Gasteiger charge is 2.20. The third-order valence-corrected chi connectivity index (χ3v) is 9.11. The van der Waals surface area contributed by atoms with Crippen LogP contribution in [0.15, 0.2) is 127 Å². The van der Waals surface area contributed by atoms with Crippen molar-refractivity contribution in [3.63, 3.8) is 0 Å². The Bertz CT molecular complexity index is 2450. The smallest absolute Gasteiger partial charge is 0.165 e. The lowest BCUT2D eigenvalue weighted by molar-refractivity contribution is 1.08. The average molecular weight is 528 g/mol. The van der Waals surface area contributed by atoms with Crippen molar-refractivity contribution in [3.8, 4) is 17.1 Å². The van der Waals surface area contributed by atoms with Gasteiger partial charge in [0.1, 0.15) is 5.69 Å². The largest absolute Gasteiger partial charge is 0.292 e. The van der Waals surface area contributed by atoms with Crippen molar-refractivity contribution < 1.29 is 0 Å². The number of rotatable bonds is 2. The van der Waals surface area contributed by atoms with Crippen LogP contribution in [0.1, 0.15) is 0 Å². The first-order valence-electron chi connectivity index (χ1n) is 13.4. The minimum atomic E-state index is 0.846. The third kappa shape index (κ3) is 3.11. The van der Waals surface area contributed by atoms with Crippen LogP contribution in [0.3, 0.4) is 0 Å². The second kappa shape index (κ2) is 8.22. The van der Waals surface area contributed by atoms with Crippen LogP contribution in [-0.2, 0) is 0 Å². The molecule has 4 heteroatoms. The zero-order chi connectivity index (χ0) is 26.2. The number of thiophene rings is 1. The van der Waals surface area contributed by atoms with Gasteiger partial charge < -0.3 is 0 Å². The number of nitrogens with zero attached hydrogens (tertiary/aromatic N) is 3. The van der Waals surface area contributed by atoms with Crippen LogP contribution in [0.5, 0.6) is 0 Å². The summed E-state index contributed by atoms with van der Waals surface area (Å²) in [6.07, 6.45) is 0. The second-order valence-electron chi connectivity index (χ2n) is 10.3. The molecule has 0 N–H and O–H groups in total. The Morgan fingerprint density at radius 1 is 0.475 bits per heavy atom. The van der Waals surface area contributed by atoms with E-state index in [-0.39, 0.29) is 0 Å². The van der Waals surface area contributed by atoms with E-state index in [2.05, 4.69) is 114 Å². The molecule has 0 spiro atoms. The van der Waals surface area contributed by atoms with Gasteiger partial charge in [-0.25, -0.2) is 9.97 Å². The maximum atomic E-state index is 5.31. The van der Waals surface area contributed by atoms with Gasteiger partial charge >= 0.3 is 0 Å². The second-order valence-corrected chi connectivity index (χ2v) is 11.3. The average Bonchev–Trinajstić information content (AvgIpc) is 3.54. The highest BCUT2D eigenvalue weighted by Crippen LogP contribution is 2.40. The fourth-order valence-electron chi connectivity index (χ4n) is 6.10. The lowest BCUT2D eigenvalue weighted by Gasteiger charge is -2.14. The maximum Gasteiger partial charge on any atom is 0.165 e. The van der Waals surface area contributed by atoms with E-state index in [9.17, 15) is 0 Å². The molecule has 0 saturated carbocycles. The first-order chi connectivity index (χ1) is 19.8. The van der Waals surface area contributed by atoms with Crippen LogP contribution in [0.2, 0.25) is 0 Å². The molecule has 0 saturated heterocycles. The summed E-state index contributed by atoms with van der Waals surface area (Å²) < 4.78 is 4.89. The predicted molar refractivity (Wildman–Crippen MR) is 170 cm³/mol. The zero-order valence-corrected chi connectivity index (χ0v) is 22.2. The van der Waals surface area contributed by atoms with Crippen LogP contribution in [-0.4, -0.2) is 14.5 Å². The summed E-state index contributed by atoms with van der Waals surface area (Å²) in [4.78, 5) is 10.6. The van der Waals surface area contributed by atoms with Gasteiger partial charge in [0.2, 0.25) is 0 Å². The van der Waals surface area contributed by atoms with Crippen LogP contribution < -0.4 is 0 Å². The Morgan fingerprint density at radius 3 is 2.02 bits per heavy atom. The Morgan fingerprint density at radius 2 is 1.15 bits per heavy atom. The molecule has 0 bridgehead atoms. The molecule has 0 aliphatic carbocycles. The summed E-state index contributed by atoms with van der Waals surface area (Å²) in [5.41, 5.74) is 5.98. The summed E-state index contributed by atoms with van der Waals surface area (Å²) >= 11 is 1.83. The van der Waals surface area contributed by atoms with E-state index in [1.807, 2.05) is 29.5 Å². The molecule has 0 amide bonds. The molecule has 9 aromatic rings. The summed E-state index contributed by atoms with van der Waals surface area (Å²) in [6, 6.07) is 45.3. The van der Waals surface area contributed by atoms with Crippen molar-refractivity contribution in [3.05, 3.63) is 127 Å². The van der Waals surface area contributed by atoms with Gasteiger partial charge in [0.05, 0.1) is 22.1 Å². The van der Waals surface area contributed by atoms with Crippen molar-refractivity contribution >= 4 is 75.1 Å². The van der Waals surface area contributed by atoms with Crippen LogP contribution in [0.4, 0.5) is 0 Å². The highest BCUT2D eigenvalue weighted by molar-refractivity contribution is 7.25. The lowest BCUT2D eigenvalue weighted by atomic mass is 10.1. The molecule has 9 rings (SSSR count). The quantitative estimate of drug-likeness (QED) is 0.224. The summed E-state index contributed by atoms with van der Waals surface area (Å²) in [7, 11) is 0. The normalized spacial score (nSPS) is 12.0. The third-order valence-electron chi connectivity index (χ3n) is 7.95.